The van der Waals surface area contributed by atoms with Gasteiger partial charge in [-0.25, -0.2) is 10.4 Å². The first-order chi connectivity index (χ1) is 16.4. The van der Waals surface area contributed by atoms with Crippen LogP contribution in [0.1, 0.15) is 27.3 Å². The number of nitrogens with zero attached hydrogens (tertiary/aromatic N) is 4. The van der Waals surface area contributed by atoms with Gasteiger partial charge in [-0.05, 0) is 56.3 Å². The first kappa shape index (κ1) is 22.4. The Morgan fingerprint density at radius 3 is 2.47 bits per heavy atom. The van der Waals surface area contributed by atoms with Crippen molar-refractivity contribution < 1.29 is 14.5 Å². The number of aromatic nitrogens is 2. The summed E-state index contributed by atoms with van der Waals surface area (Å²) < 4.78 is 7.74. The predicted molar refractivity (Wildman–Crippen MR) is 128 cm³/mol. The zero-order valence-corrected chi connectivity index (χ0v) is 18.5. The third-order valence-corrected chi connectivity index (χ3v) is 5.12. The molecule has 0 aliphatic rings. The number of hydrogen-bond acceptors (Lipinski definition) is 6. The third-order valence-electron chi connectivity index (χ3n) is 5.12. The normalized spacial score (nSPS) is 10.9. The van der Waals surface area contributed by atoms with Gasteiger partial charge in [0.1, 0.15) is 11.9 Å². The maximum Gasteiger partial charge on any atom is 0.287 e. The molecule has 1 amide bonds. The summed E-state index contributed by atoms with van der Waals surface area (Å²) in [6.45, 7) is 3.96. The van der Waals surface area contributed by atoms with E-state index in [-0.39, 0.29) is 17.5 Å². The van der Waals surface area contributed by atoms with Gasteiger partial charge in [0.2, 0.25) is 5.88 Å². The standard InChI is InChI=1S/C25H21N5O4/c1-17-14-20(15-27-28-25(31)19-6-4-3-5-7-19)18(2)29(17)21-8-11-23(12-9-21)34-24-13-10-22(16-26-24)30(32)33/h3-16H,1-2H3,(H,28,31)/b27-15+. The summed E-state index contributed by atoms with van der Waals surface area (Å²) in [5.74, 6) is 0.546. The van der Waals surface area contributed by atoms with Crippen LogP contribution in [0, 0.1) is 24.0 Å². The Hall–Kier alpha value is -4.79. The Kier molecular flexibility index (Phi) is 6.45. The number of carbonyl (C=O) groups is 1. The van der Waals surface area contributed by atoms with E-state index in [1.807, 2.05) is 38.1 Å². The van der Waals surface area contributed by atoms with Gasteiger partial charge in [-0.1, -0.05) is 18.2 Å². The number of rotatable bonds is 7. The maximum atomic E-state index is 12.1. The second-order valence-electron chi connectivity index (χ2n) is 7.43. The summed E-state index contributed by atoms with van der Waals surface area (Å²) in [6.07, 6.45) is 2.78. The van der Waals surface area contributed by atoms with Gasteiger partial charge in [0.25, 0.3) is 11.6 Å². The lowest BCUT2D eigenvalue weighted by molar-refractivity contribution is -0.385. The monoisotopic (exact) mass is 455 g/mol. The summed E-state index contributed by atoms with van der Waals surface area (Å²) in [5, 5.41) is 14.8. The van der Waals surface area contributed by atoms with Crippen LogP contribution in [-0.4, -0.2) is 26.6 Å². The minimum atomic E-state index is -0.510. The zero-order valence-electron chi connectivity index (χ0n) is 18.5. The summed E-state index contributed by atoms with van der Waals surface area (Å²) in [5.41, 5.74) is 6.74. The molecular formula is C25H21N5O4. The van der Waals surface area contributed by atoms with Gasteiger partial charge < -0.3 is 9.30 Å². The first-order valence-corrected chi connectivity index (χ1v) is 10.4. The van der Waals surface area contributed by atoms with Gasteiger partial charge in [0.05, 0.1) is 11.1 Å². The Bertz CT molecular complexity index is 1340. The van der Waals surface area contributed by atoms with Crippen molar-refractivity contribution in [3.63, 3.8) is 0 Å². The smallest absolute Gasteiger partial charge is 0.287 e. The predicted octanol–water partition coefficient (Wildman–Crippen LogP) is 4.95. The molecule has 9 heteroatoms. The van der Waals surface area contributed by atoms with Crippen molar-refractivity contribution in [2.75, 3.05) is 0 Å². The number of benzene rings is 2. The topological polar surface area (TPSA) is 112 Å². The van der Waals surface area contributed by atoms with Crippen LogP contribution in [0.3, 0.4) is 0 Å². The van der Waals surface area contributed by atoms with Gasteiger partial charge >= 0.3 is 0 Å². The zero-order chi connectivity index (χ0) is 24.1. The van der Waals surface area contributed by atoms with E-state index < -0.39 is 4.92 Å². The van der Waals surface area contributed by atoms with E-state index in [4.69, 9.17) is 4.74 Å². The average molecular weight is 455 g/mol. The second kappa shape index (κ2) is 9.78. The van der Waals surface area contributed by atoms with Gasteiger partial charge in [-0.15, -0.1) is 0 Å². The van der Waals surface area contributed by atoms with Gasteiger partial charge in [-0.2, -0.15) is 5.10 Å². The molecular weight excluding hydrogens is 434 g/mol. The number of amides is 1. The lowest BCUT2D eigenvalue weighted by Gasteiger charge is -2.11. The lowest BCUT2D eigenvalue weighted by Crippen LogP contribution is -2.17. The molecule has 0 radical (unpaired) electrons. The lowest BCUT2D eigenvalue weighted by atomic mass is 10.2. The number of hydrogen-bond donors (Lipinski definition) is 1. The number of nitrogens with one attached hydrogen (secondary N) is 1. The van der Waals surface area contributed by atoms with Crippen molar-refractivity contribution in [3.05, 3.63) is 112 Å². The quantitative estimate of drug-likeness (QED) is 0.241. The third kappa shape index (κ3) is 4.99. The second-order valence-corrected chi connectivity index (χ2v) is 7.43. The van der Waals surface area contributed by atoms with Crippen molar-refractivity contribution in [2.24, 2.45) is 5.10 Å². The number of ether oxygens (including phenoxy) is 1. The summed E-state index contributed by atoms with van der Waals surface area (Å²) >= 11 is 0. The molecule has 2 aromatic heterocycles. The molecule has 2 aromatic carbocycles. The molecule has 0 aliphatic heterocycles. The summed E-state index contributed by atoms with van der Waals surface area (Å²) in [4.78, 5) is 26.3. The van der Waals surface area contributed by atoms with Crippen molar-refractivity contribution in [2.45, 2.75) is 13.8 Å². The highest BCUT2D eigenvalue weighted by Crippen LogP contribution is 2.25. The Morgan fingerprint density at radius 2 is 1.82 bits per heavy atom. The van der Waals surface area contributed by atoms with Crippen LogP contribution in [-0.2, 0) is 0 Å². The molecule has 1 N–H and O–H groups in total. The molecule has 0 bridgehead atoms. The van der Waals surface area contributed by atoms with Crippen LogP contribution in [0.25, 0.3) is 5.69 Å². The Labute approximate surface area is 195 Å². The van der Waals surface area contributed by atoms with Gasteiger partial charge in [0, 0.05) is 40.3 Å². The number of aryl methyl sites for hydroxylation is 1. The van der Waals surface area contributed by atoms with Crippen LogP contribution in [0.15, 0.2) is 84.1 Å². The molecule has 9 nitrogen and oxygen atoms in total. The molecule has 0 aliphatic carbocycles. The molecule has 4 rings (SSSR count). The minimum absolute atomic E-state index is 0.0970. The van der Waals surface area contributed by atoms with E-state index >= 15 is 0 Å². The molecule has 34 heavy (non-hydrogen) atoms. The Morgan fingerprint density at radius 1 is 1.09 bits per heavy atom. The van der Waals surface area contributed by atoms with Crippen molar-refractivity contribution in [3.8, 4) is 17.3 Å². The van der Waals surface area contributed by atoms with E-state index in [0.717, 1.165) is 28.8 Å². The van der Waals surface area contributed by atoms with Crippen LogP contribution in [0.4, 0.5) is 5.69 Å². The van der Waals surface area contributed by atoms with E-state index in [0.29, 0.717) is 11.3 Å². The highest BCUT2D eigenvalue weighted by Gasteiger charge is 2.11. The average Bonchev–Trinajstić information content (AvgIpc) is 3.13. The fourth-order valence-electron chi connectivity index (χ4n) is 3.46. The van der Waals surface area contributed by atoms with Gasteiger partial charge in [-0.3, -0.25) is 14.9 Å². The van der Waals surface area contributed by atoms with Crippen molar-refractivity contribution in [1.29, 1.82) is 0 Å². The summed E-state index contributed by atoms with van der Waals surface area (Å²) in [7, 11) is 0. The molecule has 4 aromatic rings. The molecule has 170 valence electrons. The van der Waals surface area contributed by atoms with Crippen LogP contribution in [0.2, 0.25) is 0 Å². The number of nitro groups is 1. The van der Waals surface area contributed by atoms with Gasteiger partial charge in [0.15, 0.2) is 0 Å². The van der Waals surface area contributed by atoms with E-state index in [2.05, 4.69) is 20.1 Å². The van der Waals surface area contributed by atoms with Crippen molar-refractivity contribution >= 4 is 17.8 Å². The molecule has 2 heterocycles. The molecule has 0 saturated heterocycles. The summed E-state index contributed by atoms with van der Waals surface area (Å²) in [6, 6.07) is 21.1. The largest absolute Gasteiger partial charge is 0.439 e. The molecule has 0 fully saturated rings. The van der Waals surface area contributed by atoms with E-state index in [1.54, 1.807) is 42.6 Å². The number of hydrazone groups is 1. The van der Waals surface area contributed by atoms with E-state index in [9.17, 15) is 14.9 Å². The molecule has 0 spiro atoms. The highest BCUT2D eigenvalue weighted by molar-refractivity contribution is 5.94. The minimum Gasteiger partial charge on any atom is -0.439 e. The van der Waals surface area contributed by atoms with Crippen LogP contribution >= 0.6 is 0 Å². The molecule has 0 atom stereocenters. The Balaban J connectivity index is 1.46. The highest BCUT2D eigenvalue weighted by atomic mass is 16.6. The van der Waals surface area contributed by atoms with Crippen LogP contribution in [0.5, 0.6) is 11.6 Å². The fraction of sp³-hybridized carbons (Fsp3) is 0.0800. The molecule has 0 saturated carbocycles. The SMILES string of the molecule is Cc1cc(/C=N/NC(=O)c2ccccc2)c(C)n1-c1ccc(Oc2ccc([N+](=O)[O-])cn2)cc1. The maximum absolute atomic E-state index is 12.1. The van der Waals surface area contributed by atoms with Crippen LogP contribution < -0.4 is 10.2 Å². The van der Waals surface area contributed by atoms with E-state index in [1.165, 1.54) is 12.1 Å². The number of pyridine rings is 1. The fourth-order valence-corrected chi connectivity index (χ4v) is 3.46. The number of carbonyl (C=O) groups excluding carboxylic acids is 1. The van der Waals surface area contributed by atoms with Crippen molar-refractivity contribution in [1.82, 2.24) is 15.0 Å². The molecule has 0 unspecified atom stereocenters. The first-order valence-electron chi connectivity index (χ1n) is 10.4.